The normalized spacial score (nSPS) is 10.9. The molecule has 1 heterocycles. The summed E-state index contributed by atoms with van der Waals surface area (Å²) in [6.07, 6.45) is 0. The molecule has 0 aliphatic rings. The second kappa shape index (κ2) is 4.64. The van der Waals surface area contributed by atoms with Gasteiger partial charge in [-0.1, -0.05) is 35.9 Å². The fourth-order valence-corrected chi connectivity index (χ4v) is 2.91. The molecule has 0 bridgehead atoms. The van der Waals surface area contributed by atoms with Gasteiger partial charge in [0.15, 0.2) is 0 Å². The highest BCUT2D eigenvalue weighted by Crippen LogP contribution is 2.31. The lowest BCUT2D eigenvalue weighted by atomic mass is 9.96. The van der Waals surface area contributed by atoms with Crippen molar-refractivity contribution in [2.24, 2.45) is 0 Å². The molecule has 0 spiro atoms. The van der Waals surface area contributed by atoms with Crippen molar-refractivity contribution >= 4 is 16.6 Å². The van der Waals surface area contributed by atoms with Gasteiger partial charge in [-0.15, -0.1) is 0 Å². The van der Waals surface area contributed by atoms with Crippen LogP contribution in [0.25, 0.3) is 22.2 Å². The van der Waals surface area contributed by atoms with E-state index in [9.17, 15) is 0 Å². The number of aromatic nitrogens is 1. The molecule has 0 unspecified atom stereocenters. The Hall–Kier alpha value is -2.35. The van der Waals surface area contributed by atoms with Gasteiger partial charge in [0.1, 0.15) is 0 Å². The van der Waals surface area contributed by atoms with Gasteiger partial charge < -0.3 is 5.73 Å². The van der Waals surface area contributed by atoms with Crippen LogP contribution in [0.4, 0.5) is 5.69 Å². The number of benzene rings is 2. The van der Waals surface area contributed by atoms with Gasteiger partial charge in [-0.2, -0.15) is 0 Å². The van der Waals surface area contributed by atoms with Crippen molar-refractivity contribution in [1.29, 1.82) is 0 Å². The molecule has 3 rings (SSSR count). The van der Waals surface area contributed by atoms with E-state index in [0.717, 1.165) is 22.3 Å². The predicted molar refractivity (Wildman–Crippen MR) is 85.8 cm³/mol. The quantitative estimate of drug-likeness (QED) is 0.705. The summed E-state index contributed by atoms with van der Waals surface area (Å²) in [6, 6.07) is 14.4. The third kappa shape index (κ3) is 2.03. The Labute approximate surface area is 119 Å². The molecule has 2 heteroatoms. The van der Waals surface area contributed by atoms with Crippen LogP contribution >= 0.6 is 0 Å². The van der Waals surface area contributed by atoms with Crippen molar-refractivity contribution in [2.75, 3.05) is 5.73 Å². The molecule has 100 valence electrons. The predicted octanol–water partition coefficient (Wildman–Crippen LogP) is 4.41. The summed E-state index contributed by atoms with van der Waals surface area (Å²) in [5.74, 6) is 0. The van der Waals surface area contributed by atoms with Gasteiger partial charge in [-0.25, -0.2) is 4.98 Å². The van der Waals surface area contributed by atoms with Crippen LogP contribution in [-0.4, -0.2) is 4.98 Å². The molecule has 0 fully saturated rings. The zero-order valence-electron chi connectivity index (χ0n) is 12.1. The first-order chi connectivity index (χ1) is 9.56. The summed E-state index contributed by atoms with van der Waals surface area (Å²) in [4.78, 5) is 4.78. The first kappa shape index (κ1) is 12.7. The van der Waals surface area contributed by atoms with E-state index in [0.29, 0.717) is 0 Å². The van der Waals surface area contributed by atoms with Gasteiger partial charge >= 0.3 is 0 Å². The average molecular weight is 262 g/mol. The minimum atomic E-state index is 0.782. The van der Waals surface area contributed by atoms with E-state index >= 15 is 0 Å². The molecule has 0 saturated heterocycles. The van der Waals surface area contributed by atoms with Crippen LogP contribution < -0.4 is 5.73 Å². The average Bonchev–Trinajstić information content (AvgIpc) is 2.37. The zero-order chi connectivity index (χ0) is 14.3. The van der Waals surface area contributed by atoms with E-state index in [1.54, 1.807) is 0 Å². The first-order valence-electron chi connectivity index (χ1n) is 6.80. The van der Waals surface area contributed by atoms with E-state index in [1.165, 1.54) is 22.3 Å². The van der Waals surface area contributed by atoms with Crippen LogP contribution in [0.3, 0.4) is 0 Å². The Morgan fingerprint density at radius 2 is 1.55 bits per heavy atom. The van der Waals surface area contributed by atoms with Crippen LogP contribution in [0, 0.1) is 20.8 Å². The number of aryl methyl sites for hydroxylation is 3. The second-order valence-electron chi connectivity index (χ2n) is 5.39. The number of hydrogen-bond donors (Lipinski definition) is 1. The summed E-state index contributed by atoms with van der Waals surface area (Å²) in [5.41, 5.74) is 13.8. The molecular formula is C18H18N2. The van der Waals surface area contributed by atoms with E-state index in [2.05, 4.69) is 32.9 Å². The number of fused-ring (bicyclic) bond motifs is 1. The highest BCUT2D eigenvalue weighted by atomic mass is 14.7. The number of nitrogen functional groups attached to an aromatic ring is 1. The topological polar surface area (TPSA) is 38.9 Å². The molecule has 2 N–H and O–H groups in total. The van der Waals surface area contributed by atoms with Crippen molar-refractivity contribution in [3.05, 3.63) is 59.2 Å². The van der Waals surface area contributed by atoms with E-state index in [1.807, 2.05) is 30.3 Å². The molecule has 3 aromatic rings. The van der Waals surface area contributed by atoms with Crippen molar-refractivity contribution in [3.8, 4) is 11.3 Å². The monoisotopic (exact) mass is 262 g/mol. The maximum atomic E-state index is 6.18. The number of rotatable bonds is 1. The number of anilines is 1. The highest BCUT2D eigenvalue weighted by molar-refractivity contribution is 5.93. The molecule has 0 aliphatic carbocycles. The lowest BCUT2D eigenvalue weighted by molar-refractivity contribution is 1.29. The van der Waals surface area contributed by atoms with Crippen molar-refractivity contribution in [1.82, 2.24) is 4.98 Å². The van der Waals surface area contributed by atoms with Gasteiger partial charge in [0, 0.05) is 16.6 Å². The first-order valence-corrected chi connectivity index (χ1v) is 6.80. The molecule has 0 amide bonds. The number of hydrogen-bond acceptors (Lipinski definition) is 2. The fraction of sp³-hybridized carbons (Fsp3) is 0.167. The van der Waals surface area contributed by atoms with E-state index in [4.69, 9.17) is 10.7 Å². The number of pyridine rings is 1. The van der Waals surface area contributed by atoms with Crippen LogP contribution in [0.2, 0.25) is 0 Å². The zero-order valence-corrected chi connectivity index (χ0v) is 12.1. The molecule has 0 radical (unpaired) electrons. The molecular weight excluding hydrogens is 244 g/mol. The third-order valence-electron chi connectivity index (χ3n) is 3.68. The molecule has 20 heavy (non-hydrogen) atoms. The minimum Gasteiger partial charge on any atom is -0.398 e. The summed E-state index contributed by atoms with van der Waals surface area (Å²) in [6.45, 7) is 6.37. The Bertz CT molecular complexity index is 781. The number of nitrogens with two attached hydrogens (primary N) is 1. The van der Waals surface area contributed by atoms with Crippen molar-refractivity contribution < 1.29 is 0 Å². The molecule has 2 nitrogen and oxygen atoms in total. The Morgan fingerprint density at radius 3 is 2.25 bits per heavy atom. The van der Waals surface area contributed by atoms with E-state index < -0.39 is 0 Å². The Balaban J connectivity index is 2.30. The maximum Gasteiger partial charge on any atom is 0.0735 e. The Kier molecular flexibility index (Phi) is 2.94. The largest absolute Gasteiger partial charge is 0.398 e. The Morgan fingerprint density at radius 1 is 0.900 bits per heavy atom. The fourth-order valence-electron chi connectivity index (χ4n) is 2.91. The van der Waals surface area contributed by atoms with Crippen molar-refractivity contribution in [2.45, 2.75) is 20.8 Å². The standard InChI is InChI=1S/C18H18N2/c1-11-8-12(2)18(13(3)9-11)17-10-15(19)14-6-4-5-7-16(14)20-17/h4-10H,1-3H3,(H2,19,20). The number of para-hydroxylation sites is 1. The van der Waals surface area contributed by atoms with Gasteiger partial charge in [0.05, 0.1) is 11.2 Å². The lowest BCUT2D eigenvalue weighted by Gasteiger charge is -2.12. The highest BCUT2D eigenvalue weighted by Gasteiger charge is 2.10. The minimum absolute atomic E-state index is 0.782. The van der Waals surface area contributed by atoms with Crippen molar-refractivity contribution in [3.63, 3.8) is 0 Å². The third-order valence-corrected chi connectivity index (χ3v) is 3.68. The van der Waals surface area contributed by atoms with Gasteiger partial charge in [-0.3, -0.25) is 0 Å². The van der Waals surface area contributed by atoms with Crippen LogP contribution in [0.15, 0.2) is 42.5 Å². The summed E-state index contributed by atoms with van der Waals surface area (Å²) in [5, 5.41) is 1.01. The molecule has 0 aliphatic heterocycles. The molecule has 0 saturated carbocycles. The SMILES string of the molecule is Cc1cc(C)c(-c2cc(N)c3ccccc3n2)c(C)c1. The van der Waals surface area contributed by atoms with Gasteiger partial charge in [0.25, 0.3) is 0 Å². The van der Waals surface area contributed by atoms with Gasteiger partial charge in [0.2, 0.25) is 0 Å². The molecule has 1 aromatic heterocycles. The summed E-state index contributed by atoms with van der Waals surface area (Å²) in [7, 11) is 0. The van der Waals surface area contributed by atoms with Crippen LogP contribution in [0.1, 0.15) is 16.7 Å². The van der Waals surface area contributed by atoms with Gasteiger partial charge in [-0.05, 0) is 44.0 Å². The smallest absolute Gasteiger partial charge is 0.0735 e. The number of nitrogens with zero attached hydrogens (tertiary/aromatic N) is 1. The van der Waals surface area contributed by atoms with Crippen LogP contribution in [-0.2, 0) is 0 Å². The maximum absolute atomic E-state index is 6.18. The van der Waals surface area contributed by atoms with E-state index in [-0.39, 0.29) is 0 Å². The summed E-state index contributed by atoms with van der Waals surface area (Å²) < 4.78 is 0. The molecule has 0 atom stereocenters. The summed E-state index contributed by atoms with van der Waals surface area (Å²) >= 11 is 0. The lowest BCUT2D eigenvalue weighted by Crippen LogP contribution is -1.96. The molecule has 2 aromatic carbocycles. The second-order valence-corrected chi connectivity index (χ2v) is 5.39. The van der Waals surface area contributed by atoms with Crippen LogP contribution in [0.5, 0.6) is 0 Å².